The molecular weight excluding hydrogens is 492 g/mol. The lowest BCUT2D eigenvalue weighted by molar-refractivity contribution is -0.385. The predicted octanol–water partition coefficient (Wildman–Crippen LogP) is 3.26. The Kier molecular flexibility index (Phi) is 7.76. The lowest BCUT2D eigenvalue weighted by atomic mass is 10.1. The number of anilines is 1. The Morgan fingerprint density at radius 3 is 2.51 bits per heavy atom. The van der Waals surface area contributed by atoms with Crippen LogP contribution in [0.2, 0.25) is 0 Å². The second kappa shape index (κ2) is 11.0. The highest BCUT2D eigenvalue weighted by Crippen LogP contribution is 2.26. The first-order chi connectivity index (χ1) is 16.8. The predicted molar refractivity (Wildman–Crippen MR) is 132 cm³/mol. The van der Waals surface area contributed by atoms with Crippen LogP contribution in [0, 0.1) is 10.1 Å². The van der Waals surface area contributed by atoms with Crippen molar-refractivity contribution in [1.29, 1.82) is 0 Å². The van der Waals surface area contributed by atoms with E-state index in [1.807, 2.05) is 11.4 Å². The summed E-state index contributed by atoms with van der Waals surface area (Å²) in [6.45, 7) is 3.32. The Labute approximate surface area is 206 Å². The monoisotopic (exact) mass is 516 g/mol. The molecule has 1 atom stereocenters. The number of benzene rings is 2. The highest BCUT2D eigenvalue weighted by atomic mass is 32.2. The molecule has 184 valence electrons. The first-order valence-electron chi connectivity index (χ1n) is 10.8. The Morgan fingerprint density at radius 2 is 1.86 bits per heavy atom. The van der Waals surface area contributed by atoms with Gasteiger partial charge in [-0.2, -0.15) is 0 Å². The van der Waals surface area contributed by atoms with Gasteiger partial charge in [0.1, 0.15) is 0 Å². The van der Waals surface area contributed by atoms with Crippen molar-refractivity contribution in [2.45, 2.75) is 10.9 Å². The molecule has 0 radical (unpaired) electrons. The van der Waals surface area contributed by atoms with Gasteiger partial charge in [0.25, 0.3) is 21.6 Å². The number of nitro benzene ring substituents is 1. The highest BCUT2D eigenvalue weighted by molar-refractivity contribution is 7.92. The van der Waals surface area contributed by atoms with E-state index in [4.69, 9.17) is 4.74 Å². The molecule has 2 N–H and O–H groups in total. The normalized spacial score (nSPS) is 15.3. The molecule has 2 aromatic carbocycles. The number of carbonyl (C=O) groups is 1. The number of hydrogen-bond donors (Lipinski definition) is 2. The Morgan fingerprint density at radius 1 is 1.11 bits per heavy atom. The molecule has 1 aliphatic heterocycles. The summed E-state index contributed by atoms with van der Waals surface area (Å²) in [6, 6.07) is 14.9. The van der Waals surface area contributed by atoms with Gasteiger partial charge < -0.3 is 10.1 Å². The summed E-state index contributed by atoms with van der Waals surface area (Å²) >= 11 is 1.64. The standard InChI is InChI=1S/C23H24N4O6S2/c28-23(24-16-21(22-5-2-14-34-22)26-10-12-33-13-11-26)17-6-8-18(9-7-17)25-35(31,32)20-4-1-3-19(15-20)27(29)30/h1-9,14-15,21,25H,10-13,16H2,(H,24,28)/t21-/m1/s1. The summed E-state index contributed by atoms with van der Waals surface area (Å²) in [5, 5.41) is 15.9. The van der Waals surface area contributed by atoms with Crippen LogP contribution in [0.25, 0.3) is 0 Å². The van der Waals surface area contributed by atoms with Crippen molar-refractivity contribution in [1.82, 2.24) is 10.2 Å². The van der Waals surface area contributed by atoms with Crippen LogP contribution in [0.15, 0.2) is 70.9 Å². The van der Waals surface area contributed by atoms with Gasteiger partial charge >= 0.3 is 0 Å². The van der Waals surface area contributed by atoms with Gasteiger partial charge in [0.15, 0.2) is 0 Å². The molecule has 0 saturated carbocycles. The zero-order chi connectivity index (χ0) is 24.8. The van der Waals surface area contributed by atoms with Gasteiger partial charge in [0, 0.05) is 47.9 Å². The van der Waals surface area contributed by atoms with E-state index in [1.165, 1.54) is 42.5 Å². The Hall–Kier alpha value is -3.32. The summed E-state index contributed by atoms with van der Waals surface area (Å²) in [5.41, 5.74) is 0.297. The summed E-state index contributed by atoms with van der Waals surface area (Å²) in [5.74, 6) is -0.270. The molecule has 10 nitrogen and oxygen atoms in total. The van der Waals surface area contributed by atoms with E-state index in [9.17, 15) is 23.3 Å². The average Bonchev–Trinajstić information content (AvgIpc) is 3.40. The molecule has 0 bridgehead atoms. The zero-order valence-electron chi connectivity index (χ0n) is 18.6. The van der Waals surface area contributed by atoms with E-state index in [2.05, 4.69) is 21.0 Å². The van der Waals surface area contributed by atoms with Crippen LogP contribution >= 0.6 is 11.3 Å². The van der Waals surface area contributed by atoms with Crippen molar-refractivity contribution in [2.24, 2.45) is 0 Å². The van der Waals surface area contributed by atoms with Crippen LogP contribution < -0.4 is 10.0 Å². The van der Waals surface area contributed by atoms with Crippen LogP contribution in [0.1, 0.15) is 21.3 Å². The van der Waals surface area contributed by atoms with E-state index in [1.54, 1.807) is 11.3 Å². The molecular formula is C23H24N4O6S2. The maximum Gasteiger partial charge on any atom is 0.270 e. The van der Waals surface area contributed by atoms with Gasteiger partial charge in [-0.1, -0.05) is 12.1 Å². The SMILES string of the molecule is O=C(NC[C@H](c1cccs1)N1CCOCC1)c1ccc(NS(=O)(=O)c2cccc([N+](=O)[O-])c2)cc1. The van der Waals surface area contributed by atoms with Crippen molar-refractivity contribution < 1.29 is 22.9 Å². The maximum atomic E-state index is 12.8. The zero-order valence-corrected chi connectivity index (χ0v) is 20.3. The molecule has 1 amide bonds. The van der Waals surface area contributed by atoms with Crippen LogP contribution in [0.3, 0.4) is 0 Å². The molecule has 0 aliphatic carbocycles. The molecule has 1 aromatic heterocycles. The summed E-state index contributed by atoms with van der Waals surface area (Å²) in [4.78, 5) is 26.3. The van der Waals surface area contributed by atoms with Crippen molar-refractivity contribution in [3.8, 4) is 0 Å². The van der Waals surface area contributed by atoms with Crippen molar-refractivity contribution in [3.63, 3.8) is 0 Å². The van der Waals surface area contributed by atoms with E-state index in [-0.39, 0.29) is 28.2 Å². The van der Waals surface area contributed by atoms with Gasteiger partial charge in [-0.15, -0.1) is 11.3 Å². The fourth-order valence-corrected chi connectivity index (χ4v) is 5.70. The van der Waals surface area contributed by atoms with Crippen LogP contribution in [0.4, 0.5) is 11.4 Å². The molecule has 2 heterocycles. The van der Waals surface area contributed by atoms with Gasteiger partial charge in [-0.25, -0.2) is 8.42 Å². The summed E-state index contributed by atoms with van der Waals surface area (Å²) in [6.07, 6.45) is 0. The molecule has 1 saturated heterocycles. The minimum atomic E-state index is -4.03. The Balaban J connectivity index is 1.40. The first kappa shape index (κ1) is 24.8. The smallest absolute Gasteiger partial charge is 0.270 e. The maximum absolute atomic E-state index is 12.8. The number of nitrogens with one attached hydrogen (secondary N) is 2. The van der Waals surface area contributed by atoms with E-state index < -0.39 is 14.9 Å². The molecule has 1 fully saturated rings. The first-order valence-corrected chi connectivity index (χ1v) is 13.2. The third kappa shape index (κ3) is 6.22. The van der Waals surface area contributed by atoms with Gasteiger partial charge in [-0.05, 0) is 41.8 Å². The molecule has 12 heteroatoms. The number of ether oxygens (including phenoxy) is 1. The number of morpholine rings is 1. The fraction of sp³-hybridized carbons (Fsp3) is 0.261. The summed E-state index contributed by atoms with van der Waals surface area (Å²) < 4.78 is 33.0. The van der Waals surface area contributed by atoms with Crippen LogP contribution in [-0.2, 0) is 14.8 Å². The number of nitro groups is 1. The van der Waals surface area contributed by atoms with Crippen molar-refractivity contribution in [2.75, 3.05) is 37.6 Å². The number of rotatable bonds is 9. The van der Waals surface area contributed by atoms with Crippen molar-refractivity contribution >= 4 is 38.6 Å². The number of sulfonamides is 1. The fourth-order valence-electron chi connectivity index (χ4n) is 3.74. The minimum absolute atomic E-state index is 0.0452. The number of non-ortho nitro benzene ring substituents is 1. The number of amides is 1. The quantitative estimate of drug-likeness (QED) is 0.330. The number of thiophene rings is 1. The molecule has 0 spiro atoms. The Bertz CT molecular complexity index is 1270. The third-order valence-electron chi connectivity index (χ3n) is 5.55. The van der Waals surface area contributed by atoms with Gasteiger partial charge in [0.2, 0.25) is 0 Å². The molecule has 0 unspecified atom stereocenters. The highest BCUT2D eigenvalue weighted by Gasteiger charge is 2.24. The number of nitrogens with zero attached hydrogens (tertiary/aromatic N) is 2. The van der Waals surface area contributed by atoms with Crippen LogP contribution in [-0.4, -0.2) is 57.0 Å². The largest absolute Gasteiger partial charge is 0.379 e. The minimum Gasteiger partial charge on any atom is -0.379 e. The molecule has 4 rings (SSSR count). The molecule has 35 heavy (non-hydrogen) atoms. The third-order valence-corrected chi connectivity index (χ3v) is 7.90. The van der Waals surface area contributed by atoms with Crippen molar-refractivity contribution in [3.05, 3.63) is 86.6 Å². The van der Waals surface area contributed by atoms with Gasteiger partial charge in [-0.3, -0.25) is 24.5 Å². The lowest BCUT2D eigenvalue weighted by Gasteiger charge is -2.34. The molecule has 3 aromatic rings. The number of carbonyl (C=O) groups excluding carboxylic acids is 1. The molecule has 1 aliphatic rings. The van der Waals surface area contributed by atoms with E-state index in [0.29, 0.717) is 25.3 Å². The average molecular weight is 517 g/mol. The van der Waals surface area contributed by atoms with Gasteiger partial charge in [0.05, 0.1) is 29.1 Å². The second-order valence-corrected chi connectivity index (χ2v) is 10.5. The van der Waals surface area contributed by atoms with E-state index in [0.717, 1.165) is 24.0 Å². The van der Waals surface area contributed by atoms with E-state index >= 15 is 0 Å². The lowest BCUT2D eigenvalue weighted by Crippen LogP contribution is -2.43. The number of hydrogen-bond acceptors (Lipinski definition) is 8. The second-order valence-electron chi connectivity index (χ2n) is 7.83. The summed E-state index contributed by atoms with van der Waals surface area (Å²) in [7, 11) is -4.03. The topological polar surface area (TPSA) is 131 Å². The van der Waals surface area contributed by atoms with Crippen LogP contribution in [0.5, 0.6) is 0 Å².